The van der Waals surface area contributed by atoms with Gasteiger partial charge in [0.15, 0.2) is 0 Å². The molecule has 0 aromatic carbocycles. The maximum Gasteiger partial charge on any atom is 0.245 e. The van der Waals surface area contributed by atoms with Crippen LogP contribution in [0, 0.1) is 11.8 Å². The molecular formula is C15H24N2O2. The minimum atomic E-state index is -0.237. The van der Waals surface area contributed by atoms with Gasteiger partial charge in [-0.05, 0) is 44.4 Å². The predicted molar refractivity (Wildman–Crippen MR) is 72.4 cm³/mol. The average Bonchev–Trinajstić information content (AvgIpc) is 3.11. The summed E-state index contributed by atoms with van der Waals surface area (Å²) in [6, 6.07) is 0.0582. The minimum Gasteiger partial charge on any atom is -0.344 e. The Hall–Kier alpha value is -1.06. The molecule has 1 saturated heterocycles. The van der Waals surface area contributed by atoms with Crippen molar-refractivity contribution in [2.75, 3.05) is 6.54 Å². The third kappa shape index (κ3) is 2.63. The summed E-state index contributed by atoms with van der Waals surface area (Å²) >= 11 is 0. The first-order valence-electron chi connectivity index (χ1n) is 7.76. The van der Waals surface area contributed by atoms with Crippen molar-refractivity contribution in [1.29, 1.82) is 0 Å². The fourth-order valence-corrected chi connectivity index (χ4v) is 3.67. The lowest BCUT2D eigenvalue weighted by atomic mass is 9.97. The summed E-state index contributed by atoms with van der Waals surface area (Å²) in [5.74, 6) is 1.25. The molecule has 106 valence electrons. The van der Waals surface area contributed by atoms with Gasteiger partial charge < -0.3 is 10.2 Å². The maximum absolute atomic E-state index is 12.7. The van der Waals surface area contributed by atoms with Crippen LogP contribution in [0.25, 0.3) is 0 Å². The van der Waals surface area contributed by atoms with Crippen LogP contribution in [0.4, 0.5) is 0 Å². The van der Waals surface area contributed by atoms with E-state index in [4.69, 9.17) is 0 Å². The molecule has 0 aromatic heterocycles. The molecule has 3 fully saturated rings. The van der Waals surface area contributed by atoms with Gasteiger partial charge in [0.1, 0.15) is 6.04 Å². The standard InChI is InChI=1S/C15H24N2O2/c1-10(11-4-2-3-5-11)17-9-8-13(18)16-14(15(17)19)12-6-7-12/h10-12,14H,2-9H2,1H3,(H,16,18). The molecular weight excluding hydrogens is 240 g/mol. The second-order valence-corrected chi connectivity index (χ2v) is 6.45. The molecule has 0 aromatic rings. The van der Waals surface area contributed by atoms with Gasteiger partial charge in [0, 0.05) is 19.0 Å². The van der Waals surface area contributed by atoms with Gasteiger partial charge in [0.2, 0.25) is 11.8 Å². The molecule has 4 heteroatoms. The van der Waals surface area contributed by atoms with Crippen LogP contribution in [0.5, 0.6) is 0 Å². The van der Waals surface area contributed by atoms with Gasteiger partial charge >= 0.3 is 0 Å². The smallest absolute Gasteiger partial charge is 0.245 e. The van der Waals surface area contributed by atoms with E-state index in [0.29, 0.717) is 30.8 Å². The van der Waals surface area contributed by atoms with Crippen LogP contribution in [0.1, 0.15) is 51.9 Å². The summed E-state index contributed by atoms with van der Waals surface area (Å²) in [7, 11) is 0. The lowest BCUT2D eigenvalue weighted by Gasteiger charge is -2.33. The number of carbonyl (C=O) groups excluding carboxylic acids is 2. The highest BCUT2D eigenvalue weighted by molar-refractivity contribution is 5.90. The summed E-state index contributed by atoms with van der Waals surface area (Å²) in [6.07, 6.45) is 7.69. The number of nitrogens with one attached hydrogen (secondary N) is 1. The van der Waals surface area contributed by atoms with Crippen molar-refractivity contribution in [3.63, 3.8) is 0 Å². The van der Waals surface area contributed by atoms with Gasteiger partial charge in [0.05, 0.1) is 0 Å². The number of rotatable bonds is 3. The summed E-state index contributed by atoms with van der Waals surface area (Å²) in [4.78, 5) is 26.4. The Bertz CT molecular complexity index is 372. The monoisotopic (exact) mass is 264 g/mol. The molecule has 0 spiro atoms. The molecule has 1 aliphatic heterocycles. The summed E-state index contributed by atoms with van der Waals surface area (Å²) < 4.78 is 0. The van der Waals surface area contributed by atoms with Crippen LogP contribution in [0.2, 0.25) is 0 Å². The minimum absolute atomic E-state index is 0.0476. The lowest BCUT2D eigenvalue weighted by molar-refractivity contribution is -0.136. The second-order valence-electron chi connectivity index (χ2n) is 6.45. The second kappa shape index (κ2) is 5.14. The van der Waals surface area contributed by atoms with Crippen molar-refractivity contribution < 1.29 is 9.59 Å². The van der Waals surface area contributed by atoms with Crippen molar-refractivity contribution in [1.82, 2.24) is 10.2 Å². The Balaban J connectivity index is 1.74. The Morgan fingerprint density at radius 1 is 1.16 bits per heavy atom. The van der Waals surface area contributed by atoms with Gasteiger partial charge in [-0.25, -0.2) is 0 Å². The van der Waals surface area contributed by atoms with Crippen molar-refractivity contribution in [2.45, 2.75) is 64.0 Å². The van der Waals surface area contributed by atoms with Crippen LogP contribution in [0.3, 0.4) is 0 Å². The molecule has 2 saturated carbocycles. The highest BCUT2D eigenvalue weighted by Crippen LogP contribution is 2.36. The average molecular weight is 264 g/mol. The van der Waals surface area contributed by atoms with Crippen LogP contribution >= 0.6 is 0 Å². The summed E-state index contributed by atoms with van der Waals surface area (Å²) in [5.41, 5.74) is 0. The molecule has 3 rings (SSSR count). The molecule has 0 radical (unpaired) electrons. The topological polar surface area (TPSA) is 49.4 Å². The Labute approximate surface area is 114 Å². The summed E-state index contributed by atoms with van der Waals surface area (Å²) in [5, 5.41) is 2.94. The molecule has 2 unspecified atom stereocenters. The normalized spacial score (nSPS) is 31.2. The van der Waals surface area contributed by atoms with Gasteiger partial charge in [0.25, 0.3) is 0 Å². The van der Waals surface area contributed by atoms with E-state index < -0.39 is 0 Å². The van der Waals surface area contributed by atoms with Crippen LogP contribution < -0.4 is 5.32 Å². The number of hydrogen-bond acceptors (Lipinski definition) is 2. The maximum atomic E-state index is 12.7. The van der Waals surface area contributed by atoms with Crippen molar-refractivity contribution >= 4 is 11.8 Å². The largest absolute Gasteiger partial charge is 0.344 e. The predicted octanol–water partition coefficient (Wildman–Crippen LogP) is 1.69. The van der Waals surface area contributed by atoms with E-state index in [1.165, 1.54) is 25.7 Å². The number of hydrogen-bond donors (Lipinski definition) is 1. The molecule has 3 aliphatic rings. The quantitative estimate of drug-likeness (QED) is 0.843. The molecule has 2 amide bonds. The Kier molecular flexibility index (Phi) is 3.50. The van der Waals surface area contributed by atoms with E-state index in [2.05, 4.69) is 12.2 Å². The SMILES string of the molecule is CC(C1CCCC1)N1CCC(=O)NC(C2CC2)C1=O. The fourth-order valence-electron chi connectivity index (χ4n) is 3.67. The highest BCUT2D eigenvalue weighted by atomic mass is 16.2. The van der Waals surface area contributed by atoms with E-state index in [1.54, 1.807) is 0 Å². The van der Waals surface area contributed by atoms with E-state index in [9.17, 15) is 9.59 Å². The zero-order valence-electron chi connectivity index (χ0n) is 11.7. The van der Waals surface area contributed by atoms with E-state index in [-0.39, 0.29) is 17.9 Å². The molecule has 2 aliphatic carbocycles. The first-order valence-corrected chi connectivity index (χ1v) is 7.76. The van der Waals surface area contributed by atoms with Gasteiger partial charge in [-0.15, -0.1) is 0 Å². The molecule has 0 bridgehead atoms. The number of amides is 2. The lowest BCUT2D eigenvalue weighted by Crippen LogP contribution is -2.50. The zero-order valence-corrected chi connectivity index (χ0v) is 11.7. The molecule has 4 nitrogen and oxygen atoms in total. The molecule has 2 atom stereocenters. The van der Waals surface area contributed by atoms with Gasteiger partial charge in [-0.2, -0.15) is 0 Å². The molecule has 1 heterocycles. The first kappa shape index (κ1) is 12.9. The van der Waals surface area contributed by atoms with Crippen LogP contribution in [-0.4, -0.2) is 35.3 Å². The van der Waals surface area contributed by atoms with Crippen LogP contribution in [0.15, 0.2) is 0 Å². The third-order valence-electron chi connectivity index (χ3n) is 5.11. The van der Waals surface area contributed by atoms with Crippen molar-refractivity contribution in [3.05, 3.63) is 0 Å². The first-order chi connectivity index (χ1) is 9.16. The van der Waals surface area contributed by atoms with Crippen molar-refractivity contribution in [3.8, 4) is 0 Å². The zero-order chi connectivity index (χ0) is 13.4. The van der Waals surface area contributed by atoms with Crippen molar-refractivity contribution in [2.24, 2.45) is 11.8 Å². The van der Waals surface area contributed by atoms with E-state index >= 15 is 0 Å². The third-order valence-corrected chi connectivity index (χ3v) is 5.11. The van der Waals surface area contributed by atoms with Gasteiger partial charge in [-0.1, -0.05) is 12.8 Å². The summed E-state index contributed by atoms with van der Waals surface area (Å²) in [6.45, 7) is 2.78. The fraction of sp³-hybridized carbons (Fsp3) is 0.867. The molecule has 19 heavy (non-hydrogen) atoms. The van der Waals surface area contributed by atoms with Gasteiger partial charge in [-0.3, -0.25) is 9.59 Å². The molecule has 1 N–H and O–H groups in total. The number of carbonyl (C=O) groups is 2. The van der Waals surface area contributed by atoms with Crippen LogP contribution in [-0.2, 0) is 9.59 Å². The van der Waals surface area contributed by atoms with E-state index in [0.717, 1.165) is 12.8 Å². The van der Waals surface area contributed by atoms with E-state index in [1.807, 2.05) is 4.90 Å². The Morgan fingerprint density at radius 2 is 1.84 bits per heavy atom. The highest BCUT2D eigenvalue weighted by Gasteiger charge is 2.43. The number of nitrogens with zero attached hydrogens (tertiary/aromatic N) is 1. The Morgan fingerprint density at radius 3 is 2.47 bits per heavy atom.